The molecule has 2 aliphatic rings. The number of amides is 1. The monoisotopic (exact) mass is 335 g/mol. The van der Waals surface area contributed by atoms with Crippen LogP contribution in [0.5, 0.6) is 0 Å². The first-order valence-electron chi connectivity index (χ1n) is 8.70. The number of aliphatic hydroxyl groups excluding tert-OH is 1. The van der Waals surface area contributed by atoms with E-state index in [2.05, 4.69) is 0 Å². The summed E-state index contributed by atoms with van der Waals surface area (Å²) in [5, 5.41) is 9.33. The van der Waals surface area contributed by atoms with E-state index in [1.165, 1.54) is 13.2 Å². The number of benzene rings is 1. The zero-order valence-corrected chi connectivity index (χ0v) is 14.4. The summed E-state index contributed by atoms with van der Waals surface area (Å²) in [6.45, 7) is 2.56. The van der Waals surface area contributed by atoms with Crippen molar-refractivity contribution in [2.75, 3.05) is 20.3 Å². The largest absolute Gasteiger partial charge is 0.396 e. The van der Waals surface area contributed by atoms with Crippen molar-refractivity contribution in [3.8, 4) is 0 Å². The molecule has 0 bridgehead atoms. The minimum atomic E-state index is -1.31. The Bertz CT molecular complexity index is 612. The van der Waals surface area contributed by atoms with Crippen LogP contribution in [0.15, 0.2) is 24.3 Å². The van der Waals surface area contributed by atoms with Crippen molar-refractivity contribution >= 4 is 5.91 Å². The number of halogens is 1. The molecule has 24 heavy (non-hydrogen) atoms. The molecule has 0 radical (unpaired) electrons. The fourth-order valence-electron chi connectivity index (χ4n) is 4.19. The number of aliphatic hydroxyl groups is 1. The summed E-state index contributed by atoms with van der Waals surface area (Å²) in [5.74, 6) is -0.244. The van der Waals surface area contributed by atoms with E-state index in [4.69, 9.17) is 4.74 Å². The third-order valence-electron chi connectivity index (χ3n) is 6.12. The molecule has 1 aliphatic carbocycles. The van der Waals surface area contributed by atoms with Gasteiger partial charge in [-0.05, 0) is 51.0 Å². The van der Waals surface area contributed by atoms with Crippen LogP contribution in [0.1, 0.15) is 44.6 Å². The van der Waals surface area contributed by atoms with Gasteiger partial charge in [0.1, 0.15) is 5.82 Å². The molecule has 1 atom stereocenters. The van der Waals surface area contributed by atoms with Crippen LogP contribution in [0.2, 0.25) is 0 Å². The van der Waals surface area contributed by atoms with Crippen molar-refractivity contribution in [2.45, 2.75) is 50.2 Å². The molecule has 1 amide bonds. The van der Waals surface area contributed by atoms with E-state index in [0.717, 1.165) is 32.1 Å². The number of rotatable bonds is 4. The number of hydrogen-bond donors (Lipinski definition) is 1. The number of carbonyl (C=O) groups is 1. The van der Waals surface area contributed by atoms with Gasteiger partial charge in [0, 0.05) is 31.4 Å². The molecule has 1 spiro atoms. The zero-order valence-electron chi connectivity index (χ0n) is 14.4. The lowest BCUT2D eigenvalue weighted by molar-refractivity contribution is -0.175. The molecule has 1 N–H and O–H groups in total. The Balaban J connectivity index is 1.84. The molecule has 2 fully saturated rings. The first kappa shape index (κ1) is 17.4. The molecular weight excluding hydrogens is 309 g/mol. The third-order valence-corrected chi connectivity index (χ3v) is 6.12. The van der Waals surface area contributed by atoms with Crippen LogP contribution in [0.3, 0.4) is 0 Å². The molecule has 1 aliphatic heterocycles. The minimum absolute atomic E-state index is 0.131. The molecule has 4 nitrogen and oxygen atoms in total. The van der Waals surface area contributed by atoms with Gasteiger partial charge in [0.2, 0.25) is 0 Å². The van der Waals surface area contributed by atoms with Crippen LogP contribution in [-0.2, 0) is 15.1 Å². The van der Waals surface area contributed by atoms with Crippen molar-refractivity contribution in [3.05, 3.63) is 35.6 Å². The van der Waals surface area contributed by atoms with Gasteiger partial charge < -0.3 is 14.7 Å². The number of likely N-dealkylation sites (tertiary alicyclic amines) is 1. The summed E-state index contributed by atoms with van der Waals surface area (Å²) in [6.07, 6.45) is 4.66. The highest BCUT2D eigenvalue weighted by molar-refractivity contribution is 5.87. The molecular formula is C19H26FNO3. The lowest BCUT2D eigenvalue weighted by atomic mass is 9.69. The fraction of sp³-hybridized carbons (Fsp3) is 0.632. The van der Waals surface area contributed by atoms with Gasteiger partial charge in [-0.15, -0.1) is 0 Å². The first-order valence-corrected chi connectivity index (χ1v) is 8.70. The Kier molecular flexibility index (Phi) is 4.67. The van der Waals surface area contributed by atoms with E-state index in [1.807, 2.05) is 4.90 Å². The molecule has 1 saturated carbocycles. The number of hydrogen-bond acceptors (Lipinski definition) is 3. The van der Waals surface area contributed by atoms with Gasteiger partial charge >= 0.3 is 0 Å². The lowest BCUT2D eigenvalue weighted by Crippen LogP contribution is -2.66. The second-order valence-electron chi connectivity index (χ2n) is 7.27. The second-order valence-corrected chi connectivity index (χ2v) is 7.27. The average Bonchev–Trinajstić information content (AvgIpc) is 2.60. The van der Waals surface area contributed by atoms with Crippen molar-refractivity contribution in [2.24, 2.45) is 5.92 Å². The van der Waals surface area contributed by atoms with E-state index in [-0.39, 0.29) is 23.6 Å². The molecule has 0 aromatic heterocycles. The van der Waals surface area contributed by atoms with Crippen molar-refractivity contribution < 1.29 is 19.0 Å². The van der Waals surface area contributed by atoms with Crippen LogP contribution in [0.25, 0.3) is 0 Å². The maximum Gasteiger partial charge on any atom is 0.259 e. The zero-order chi connectivity index (χ0) is 17.4. The van der Waals surface area contributed by atoms with Gasteiger partial charge in [-0.25, -0.2) is 4.39 Å². The summed E-state index contributed by atoms with van der Waals surface area (Å²) in [5.41, 5.74) is -1.16. The molecule has 1 unspecified atom stereocenters. The fourth-order valence-corrected chi connectivity index (χ4v) is 4.19. The average molecular weight is 335 g/mol. The van der Waals surface area contributed by atoms with E-state index in [9.17, 15) is 14.3 Å². The predicted molar refractivity (Wildman–Crippen MR) is 88.9 cm³/mol. The molecule has 5 heteroatoms. The third kappa shape index (κ3) is 2.64. The van der Waals surface area contributed by atoms with E-state index in [1.54, 1.807) is 25.1 Å². The highest BCUT2D eigenvalue weighted by Crippen LogP contribution is 2.47. The minimum Gasteiger partial charge on any atom is -0.396 e. The topological polar surface area (TPSA) is 49.8 Å². The van der Waals surface area contributed by atoms with E-state index < -0.39 is 11.4 Å². The molecule has 1 saturated heterocycles. The van der Waals surface area contributed by atoms with Crippen LogP contribution in [-0.4, -0.2) is 41.7 Å². The highest BCUT2D eigenvalue weighted by atomic mass is 19.1. The second kappa shape index (κ2) is 6.45. The van der Waals surface area contributed by atoms with Gasteiger partial charge in [0.25, 0.3) is 5.91 Å². The molecule has 3 rings (SSSR count). The standard InChI is InChI=1S/C19H26FNO3/c1-18(24-2,15-5-3-4-6-16(15)20)17(23)21-12-11-19(21)9-7-14(13-22)8-10-19/h3-6,14,22H,7-13H2,1-2H3. The van der Waals surface area contributed by atoms with Crippen LogP contribution in [0.4, 0.5) is 4.39 Å². The highest BCUT2D eigenvalue weighted by Gasteiger charge is 2.53. The first-order chi connectivity index (χ1) is 11.5. The molecule has 132 valence electrons. The van der Waals surface area contributed by atoms with Crippen LogP contribution in [0, 0.1) is 11.7 Å². The summed E-state index contributed by atoms with van der Waals surface area (Å²) in [6, 6.07) is 6.31. The summed E-state index contributed by atoms with van der Waals surface area (Å²) in [4.78, 5) is 15.1. The summed E-state index contributed by atoms with van der Waals surface area (Å²) in [7, 11) is 1.46. The Hall–Kier alpha value is -1.46. The van der Waals surface area contributed by atoms with Gasteiger partial charge in [0.05, 0.1) is 0 Å². The normalized spacial score (nSPS) is 29.2. The predicted octanol–water partition coefficient (Wildman–Crippen LogP) is 2.84. The summed E-state index contributed by atoms with van der Waals surface area (Å²) >= 11 is 0. The maximum atomic E-state index is 14.3. The number of methoxy groups -OCH3 is 1. The SMILES string of the molecule is COC(C)(C(=O)N1CCC12CCC(CO)CC2)c1ccccc1F. The molecule has 1 heterocycles. The number of ether oxygens (including phenoxy) is 1. The number of carbonyl (C=O) groups excluding carboxylic acids is 1. The Labute approximate surface area is 142 Å². The van der Waals surface area contributed by atoms with Gasteiger partial charge in [-0.1, -0.05) is 18.2 Å². The number of nitrogens with zero attached hydrogens (tertiary/aromatic N) is 1. The quantitative estimate of drug-likeness (QED) is 0.920. The summed E-state index contributed by atoms with van der Waals surface area (Å²) < 4.78 is 19.8. The lowest BCUT2D eigenvalue weighted by Gasteiger charge is -2.57. The van der Waals surface area contributed by atoms with Crippen LogP contribution < -0.4 is 0 Å². The van der Waals surface area contributed by atoms with E-state index >= 15 is 0 Å². The van der Waals surface area contributed by atoms with Gasteiger partial charge in [-0.2, -0.15) is 0 Å². The van der Waals surface area contributed by atoms with E-state index in [0.29, 0.717) is 12.5 Å². The molecule has 1 aromatic rings. The smallest absolute Gasteiger partial charge is 0.259 e. The molecule has 1 aromatic carbocycles. The van der Waals surface area contributed by atoms with Crippen molar-refractivity contribution in [1.82, 2.24) is 4.90 Å². The Morgan fingerprint density at radius 2 is 2.04 bits per heavy atom. The Morgan fingerprint density at radius 1 is 1.38 bits per heavy atom. The van der Waals surface area contributed by atoms with Crippen molar-refractivity contribution in [1.29, 1.82) is 0 Å². The van der Waals surface area contributed by atoms with Crippen molar-refractivity contribution in [3.63, 3.8) is 0 Å². The van der Waals surface area contributed by atoms with Crippen LogP contribution >= 0.6 is 0 Å². The van der Waals surface area contributed by atoms with Gasteiger partial charge in [0.15, 0.2) is 5.60 Å². The Morgan fingerprint density at radius 3 is 2.54 bits per heavy atom. The maximum absolute atomic E-state index is 14.3. The van der Waals surface area contributed by atoms with Gasteiger partial charge in [-0.3, -0.25) is 4.79 Å².